The second-order valence-corrected chi connectivity index (χ2v) is 14.4. The molecule has 1 aliphatic carbocycles. The molecule has 3 heterocycles. The average molecular weight is 719 g/mol. The Labute approximate surface area is 324 Å². The largest absolute Gasteiger partial charge is 0.456 e. The Morgan fingerprint density at radius 3 is 1.57 bits per heavy atom. The van der Waals surface area contributed by atoms with Gasteiger partial charge >= 0.3 is 0 Å². The molecule has 2 aliphatic rings. The van der Waals surface area contributed by atoms with Crippen LogP contribution in [0.1, 0.15) is 22.8 Å². The maximum Gasteiger partial charge on any atom is 0.164 e. The van der Waals surface area contributed by atoms with Crippen molar-refractivity contribution in [3.63, 3.8) is 0 Å². The van der Waals surface area contributed by atoms with Gasteiger partial charge in [-0.05, 0) is 70.3 Å². The number of para-hydroxylation sites is 1. The minimum atomic E-state index is 0.0772. The van der Waals surface area contributed by atoms with Crippen molar-refractivity contribution in [1.29, 1.82) is 0 Å². The van der Waals surface area contributed by atoms with E-state index in [0.29, 0.717) is 17.5 Å². The maximum atomic E-state index is 6.59. The molecule has 1 aliphatic heterocycles. The second-order valence-electron chi connectivity index (χ2n) is 14.4. The summed E-state index contributed by atoms with van der Waals surface area (Å²) in [5.74, 6) is 2.86. The molecule has 7 aromatic carbocycles. The highest BCUT2D eigenvalue weighted by molar-refractivity contribution is 5.93. The van der Waals surface area contributed by atoms with E-state index in [9.17, 15) is 0 Å². The Bertz CT molecular complexity index is 2900. The molecule has 5 nitrogen and oxygen atoms in total. The van der Waals surface area contributed by atoms with Gasteiger partial charge in [-0.1, -0.05) is 152 Å². The maximum absolute atomic E-state index is 6.59. The van der Waals surface area contributed by atoms with Gasteiger partial charge < -0.3 is 9.32 Å². The Morgan fingerprint density at radius 2 is 0.929 bits per heavy atom. The van der Waals surface area contributed by atoms with Gasteiger partial charge in [0.25, 0.3) is 0 Å². The fourth-order valence-electron chi connectivity index (χ4n) is 8.44. The summed E-state index contributed by atoms with van der Waals surface area (Å²) >= 11 is 0. The fraction of sp³-hybridized carbons (Fsp3) is 0.0392. The van der Waals surface area contributed by atoms with E-state index in [-0.39, 0.29) is 12.0 Å². The molecule has 0 radical (unpaired) electrons. The summed E-state index contributed by atoms with van der Waals surface area (Å²) in [6, 6.07) is 63.7. The van der Waals surface area contributed by atoms with Crippen LogP contribution in [0.3, 0.4) is 0 Å². The number of hydrogen-bond acceptors (Lipinski definition) is 5. The molecule has 0 saturated heterocycles. The van der Waals surface area contributed by atoms with E-state index in [1.54, 1.807) is 0 Å². The number of rotatable bonds is 6. The molecule has 2 unspecified atom stereocenters. The number of nitrogens with zero attached hydrogens (tertiary/aromatic N) is 4. The van der Waals surface area contributed by atoms with Crippen molar-refractivity contribution in [2.75, 3.05) is 4.90 Å². The van der Waals surface area contributed by atoms with Crippen molar-refractivity contribution in [3.8, 4) is 56.4 Å². The molecule has 9 aromatic rings. The zero-order valence-electron chi connectivity index (χ0n) is 30.3. The number of benzene rings is 7. The predicted octanol–water partition coefficient (Wildman–Crippen LogP) is 12.6. The average Bonchev–Trinajstić information content (AvgIpc) is 3.82. The van der Waals surface area contributed by atoms with Crippen LogP contribution in [0.5, 0.6) is 0 Å². The van der Waals surface area contributed by atoms with Crippen LogP contribution in [0.4, 0.5) is 11.4 Å². The Hall–Kier alpha value is -7.37. The Balaban J connectivity index is 1.01. The first-order valence-electron chi connectivity index (χ1n) is 19.0. The van der Waals surface area contributed by atoms with Crippen LogP contribution in [0.15, 0.2) is 192 Å². The summed E-state index contributed by atoms with van der Waals surface area (Å²) in [5, 5.41) is 1.07. The molecule has 0 spiro atoms. The lowest BCUT2D eigenvalue weighted by molar-refractivity contribution is 0.584. The van der Waals surface area contributed by atoms with Crippen LogP contribution >= 0.6 is 0 Å². The monoisotopic (exact) mass is 718 g/mol. The molecular weight excluding hydrogens is 685 g/mol. The van der Waals surface area contributed by atoms with Crippen LogP contribution < -0.4 is 4.90 Å². The van der Waals surface area contributed by atoms with Gasteiger partial charge in [0.1, 0.15) is 11.3 Å². The van der Waals surface area contributed by atoms with Gasteiger partial charge in [-0.3, -0.25) is 0 Å². The highest BCUT2D eigenvalue weighted by Gasteiger charge is 2.43. The summed E-state index contributed by atoms with van der Waals surface area (Å²) in [5.41, 5.74) is 13.2. The highest BCUT2D eigenvalue weighted by Crippen LogP contribution is 2.53. The van der Waals surface area contributed by atoms with E-state index in [0.717, 1.165) is 44.7 Å². The first kappa shape index (κ1) is 32.1. The standard InChI is InChI=1S/C51H34N4O/c1-4-12-33(13-5-1)35-20-22-38(23-21-35)50-52-49(37-16-8-3-9-17-37)53-51(54-50)39-26-30-45-42(32-39)48-46(56-45)31-29-44-47(48)41-18-10-11-19-43(41)55(44)40-27-24-36(25-28-40)34-14-6-2-7-15-34/h1-32,44,47H. The van der Waals surface area contributed by atoms with Crippen molar-refractivity contribution < 1.29 is 4.42 Å². The van der Waals surface area contributed by atoms with Gasteiger partial charge in [-0.2, -0.15) is 0 Å². The van der Waals surface area contributed by atoms with Gasteiger partial charge in [-0.25, -0.2) is 15.0 Å². The molecule has 5 heteroatoms. The summed E-state index contributed by atoms with van der Waals surface area (Å²) in [7, 11) is 0. The Kier molecular flexibility index (Phi) is 7.56. The third kappa shape index (κ3) is 5.44. The third-order valence-electron chi connectivity index (χ3n) is 11.1. The molecule has 2 atom stereocenters. The first-order valence-corrected chi connectivity index (χ1v) is 19.0. The summed E-state index contributed by atoms with van der Waals surface area (Å²) in [4.78, 5) is 17.7. The van der Waals surface area contributed by atoms with E-state index in [1.165, 1.54) is 33.5 Å². The number of anilines is 2. The molecule has 11 rings (SSSR count). The molecule has 0 N–H and O–H groups in total. The molecule has 0 amide bonds. The summed E-state index contributed by atoms with van der Waals surface area (Å²) < 4.78 is 6.59. The van der Waals surface area contributed by atoms with Crippen LogP contribution in [0.25, 0.3) is 73.5 Å². The quantitative estimate of drug-likeness (QED) is 0.171. The lowest BCUT2D eigenvalue weighted by atomic mass is 9.82. The van der Waals surface area contributed by atoms with E-state index in [2.05, 4.69) is 163 Å². The SMILES string of the molecule is C1=CC2C(c3ccccc3N2c2ccc(-c3ccccc3)cc2)c2c1oc1ccc(-c3nc(-c4ccccc4)nc(-c4ccc(-c5ccccc5)cc4)n3)cc21. The van der Waals surface area contributed by atoms with Crippen LogP contribution in [0.2, 0.25) is 0 Å². The summed E-state index contributed by atoms with van der Waals surface area (Å²) in [6.45, 7) is 0. The van der Waals surface area contributed by atoms with Crippen LogP contribution in [0, 0.1) is 0 Å². The van der Waals surface area contributed by atoms with Gasteiger partial charge in [0.15, 0.2) is 17.5 Å². The number of fused-ring (bicyclic) bond motifs is 7. The van der Waals surface area contributed by atoms with Crippen molar-refractivity contribution in [3.05, 3.63) is 205 Å². The lowest BCUT2D eigenvalue weighted by Crippen LogP contribution is -2.30. The zero-order valence-corrected chi connectivity index (χ0v) is 30.3. The molecule has 264 valence electrons. The van der Waals surface area contributed by atoms with Gasteiger partial charge in [-0.15, -0.1) is 0 Å². The van der Waals surface area contributed by atoms with Crippen LogP contribution in [-0.4, -0.2) is 21.0 Å². The second kappa shape index (κ2) is 13.2. The van der Waals surface area contributed by atoms with E-state index < -0.39 is 0 Å². The fourth-order valence-corrected chi connectivity index (χ4v) is 8.44. The lowest BCUT2D eigenvalue weighted by Gasteiger charge is -2.30. The normalized spacial score (nSPS) is 15.4. The Morgan fingerprint density at radius 1 is 0.446 bits per heavy atom. The summed E-state index contributed by atoms with van der Waals surface area (Å²) in [6.07, 6.45) is 4.45. The zero-order chi connectivity index (χ0) is 37.0. The molecular formula is C51H34N4O. The van der Waals surface area contributed by atoms with E-state index in [1.807, 2.05) is 36.4 Å². The van der Waals surface area contributed by atoms with Crippen molar-refractivity contribution in [1.82, 2.24) is 15.0 Å². The molecule has 0 bridgehead atoms. The smallest absolute Gasteiger partial charge is 0.164 e. The number of furan rings is 1. The molecule has 2 aromatic heterocycles. The van der Waals surface area contributed by atoms with Crippen molar-refractivity contribution >= 4 is 28.4 Å². The van der Waals surface area contributed by atoms with Gasteiger partial charge in [0.05, 0.1) is 6.04 Å². The first-order chi connectivity index (χ1) is 27.7. The topological polar surface area (TPSA) is 55.1 Å². The highest BCUT2D eigenvalue weighted by atomic mass is 16.3. The molecule has 56 heavy (non-hydrogen) atoms. The van der Waals surface area contributed by atoms with Crippen LogP contribution in [-0.2, 0) is 0 Å². The minimum Gasteiger partial charge on any atom is -0.456 e. The molecule has 0 fully saturated rings. The number of hydrogen-bond donors (Lipinski definition) is 0. The van der Waals surface area contributed by atoms with Crippen molar-refractivity contribution in [2.45, 2.75) is 12.0 Å². The third-order valence-corrected chi connectivity index (χ3v) is 11.1. The van der Waals surface area contributed by atoms with Gasteiger partial charge in [0.2, 0.25) is 0 Å². The molecule has 0 saturated carbocycles. The predicted molar refractivity (Wildman–Crippen MR) is 226 cm³/mol. The van der Waals surface area contributed by atoms with E-state index in [4.69, 9.17) is 19.4 Å². The minimum absolute atomic E-state index is 0.0772. The number of aromatic nitrogens is 3. The van der Waals surface area contributed by atoms with E-state index >= 15 is 0 Å². The van der Waals surface area contributed by atoms with Crippen molar-refractivity contribution in [2.24, 2.45) is 0 Å². The van der Waals surface area contributed by atoms with Gasteiger partial charge in [0, 0.05) is 44.9 Å².